The first-order valence-corrected chi connectivity index (χ1v) is 20.4. The van der Waals surface area contributed by atoms with Crippen LogP contribution < -0.4 is 27.0 Å². The molecule has 2 aliphatic rings. The standard InChI is InChI=1S/C40H48N5O10P/c41-34(46)22-33-38(51)43-32(37(50)42-23-28-11-8-10-26-9-2-3-12-29(26)28)14-5-4-13-30(27-17-15-25(16-18-27)24-56(53,54)55)31(21-35(47)48)36(49)45-40(39(52)44-33)19-6-1-7-20-40/h2-4,8-13,15-18,30-33H,1,5-7,14,19-24H2,(H2,41,46)(H,42,50)(H,43,51)(H,44,52)(H,45,49)(H,47,48)(H2,53,54,55)/b13-4+/t30-,31+,32?,33?/m1/s1. The number of amides is 5. The smallest absolute Gasteiger partial charge is 0.329 e. The van der Waals surface area contributed by atoms with E-state index in [4.69, 9.17) is 5.73 Å². The number of carbonyl (C=O) groups is 6. The van der Waals surface area contributed by atoms with Crippen molar-refractivity contribution < 1.29 is 48.2 Å². The zero-order valence-corrected chi connectivity index (χ0v) is 31.7. The fraction of sp³-hybridized carbons (Fsp3) is 0.400. The number of nitrogens with one attached hydrogen (secondary N) is 4. The first-order valence-electron chi connectivity index (χ1n) is 18.6. The molecule has 0 bridgehead atoms. The molecule has 5 amide bonds. The van der Waals surface area contributed by atoms with Crippen LogP contribution in [0, 0.1) is 5.92 Å². The number of hydrogen-bond acceptors (Lipinski definition) is 7. The molecule has 3 aromatic carbocycles. The van der Waals surface area contributed by atoms with E-state index in [0.29, 0.717) is 24.0 Å². The molecule has 0 saturated heterocycles. The highest BCUT2D eigenvalue weighted by Crippen LogP contribution is 2.40. The van der Waals surface area contributed by atoms with Crippen LogP contribution in [0.4, 0.5) is 0 Å². The number of carboxylic acid groups (broad SMARTS) is 1. The topological polar surface area (TPSA) is 254 Å². The third-order valence-electron chi connectivity index (χ3n) is 10.4. The van der Waals surface area contributed by atoms with Crippen molar-refractivity contribution in [3.8, 4) is 0 Å². The zero-order chi connectivity index (χ0) is 40.5. The van der Waals surface area contributed by atoms with Crippen molar-refractivity contribution >= 4 is 53.9 Å². The molecule has 16 heteroatoms. The van der Waals surface area contributed by atoms with Crippen molar-refractivity contribution in [2.24, 2.45) is 11.7 Å². The fourth-order valence-corrected chi connectivity index (χ4v) is 8.22. The first kappa shape index (κ1) is 41.8. The quantitative estimate of drug-likeness (QED) is 0.110. The van der Waals surface area contributed by atoms with E-state index >= 15 is 0 Å². The summed E-state index contributed by atoms with van der Waals surface area (Å²) in [5.41, 5.74) is 5.60. The Balaban J connectivity index is 1.53. The minimum Gasteiger partial charge on any atom is -0.481 e. The largest absolute Gasteiger partial charge is 0.481 e. The number of carbonyl (C=O) groups excluding carboxylic acids is 5. The van der Waals surface area contributed by atoms with E-state index in [1.54, 1.807) is 24.3 Å². The van der Waals surface area contributed by atoms with Crippen LogP contribution >= 0.6 is 7.60 Å². The molecule has 1 saturated carbocycles. The Kier molecular flexibility index (Phi) is 13.8. The van der Waals surface area contributed by atoms with Crippen LogP contribution in [0.1, 0.15) is 80.4 Å². The molecule has 1 fully saturated rings. The van der Waals surface area contributed by atoms with E-state index in [2.05, 4.69) is 21.3 Å². The molecule has 1 aliphatic heterocycles. The second-order valence-corrected chi connectivity index (χ2v) is 16.2. The molecule has 298 valence electrons. The lowest BCUT2D eigenvalue weighted by Crippen LogP contribution is -2.64. The maximum absolute atomic E-state index is 14.3. The van der Waals surface area contributed by atoms with Crippen LogP contribution in [-0.2, 0) is 46.0 Å². The minimum absolute atomic E-state index is 0.0362. The summed E-state index contributed by atoms with van der Waals surface area (Å²) in [6.45, 7) is 0.136. The molecule has 2 unspecified atom stereocenters. The van der Waals surface area contributed by atoms with Gasteiger partial charge < -0.3 is 41.9 Å². The molecule has 1 aliphatic carbocycles. The maximum atomic E-state index is 14.3. The number of benzene rings is 3. The Bertz CT molecular complexity index is 2020. The average Bonchev–Trinajstić information content (AvgIpc) is 3.15. The van der Waals surface area contributed by atoms with Crippen LogP contribution in [0.3, 0.4) is 0 Å². The SMILES string of the molecule is NC(=O)CC1NC(=O)C2(CCCCC2)NC(=O)[C@@H](CC(=O)O)[C@@H](c2ccc(CP(=O)(O)O)cc2)/C=C/CCC(C(=O)NCc2cccc3ccccc23)NC1=O. The zero-order valence-electron chi connectivity index (χ0n) is 30.8. The fourth-order valence-electron chi connectivity index (χ4n) is 7.53. The summed E-state index contributed by atoms with van der Waals surface area (Å²) in [5.74, 6) is -7.14. The third kappa shape index (κ3) is 11.1. The van der Waals surface area contributed by atoms with Crippen LogP contribution in [0.5, 0.6) is 0 Å². The van der Waals surface area contributed by atoms with E-state index in [9.17, 15) is 48.2 Å². The summed E-state index contributed by atoms with van der Waals surface area (Å²) in [7, 11) is -4.39. The molecular formula is C40H48N5O10P. The Hall–Kier alpha value is -5.37. The molecule has 1 heterocycles. The number of primary amides is 1. The molecule has 0 radical (unpaired) electrons. The lowest BCUT2D eigenvalue weighted by atomic mass is 9.78. The predicted octanol–water partition coefficient (Wildman–Crippen LogP) is 3.02. The average molecular weight is 790 g/mol. The summed E-state index contributed by atoms with van der Waals surface area (Å²) in [6.07, 6.45) is 3.95. The normalized spacial score (nSPS) is 22.8. The Morgan fingerprint density at radius 2 is 1.57 bits per heavy atom. The van der Waals surface area contributed by atoms with Gasteiger partial charge >= 0.3 is 13.6 Å². The molecule has 56 heavy (non-hydrogen) atoms. The Labute approximate surface area is 324 Å². The lowest BCUT2D eigenvalue weighted by Gasteiger charge is -2.39. The van der Waals surface area contributed by atoms with Crippen molar-refractivity contribution in [2.75, 3.05) is 0 Å². The molecule has 4 atom stereocenters. The monoisotopic (exact) mass is 789 g/mol. The van der Waals surface area contributed by atoms with Crippen molar-refractivity contribution in [3.63, 3.8) is 0 Å². The summed E-state index contributed by atoms with van der Waals surface area (Å²) < 4.78 is 11.7. The van der Waals surface area contributed by atoms with E-state index < -0.39 is 91.6 Å². The third-order valence-corrected chi connectivity index (χ3v) is 11.2. The van der Waals surface area contributed by atoms with E-state index in [1.807, 2.05) is 42.5 Å². The van der Waals surface area contributed by atoms with Gasteiger partial charge in [-0.1, -0.05) is 98.1 Å². The molecule has 5 rings (SSSR count). The second kappa shape index (κ2) is 18.5. The highest BCUT2D eigenvalue weighted by Gasteiger charge is 2.45. The molecular weight excluding hydrogens is 741 g/mol. The van der Waals surface area contributed by atoms with Gasteiger partial charge in [0.1, 0.15) is 17.6 Å². The van der Waals surface area contributed by atoms with Gasteiger partial charge in [0.25, 0.3) is 0 Å². The molecule has 15 nitrogen and oxygen atoms in total. The molecule has 9 N–H and O–H groups in total. The molecule has 3 aromatic rings. The van der Waals surface area contributed by atoms with Gasteiger partial charge in [-0.05, 0) is 53.1 Å². The van der Waals surface area contributed by atoms with Gasteiger partial charge in [-0.25, -0.2) is 0 Å². The first-order chi connectivity index (χ1) is 26.6. The Morgan fingerprint density at radius 3 is 2.25 bits per heavy atom. The van der Waals surface area contributed by atoms with Gasteiger partial charge in [0.15, 0.2) is 0 Å². The number of aliphatic carboxylic acids is 1. The van der Waals surface area contributed by atoms with Gasteiger partial charge in [-0.3, -0.25) is 33.3 Å². The summed E-state index contributed by atoms with van der Waals surface area (Å²) in [4.78, 5) is 99.6. The summed E-state index contributed by atoms with van der Waals surface area (Å²) in [5, 5.41) is 23.0. The Morgan fingerprint density at radius 1 is 0.875 bits per heavy atom. The van der Waals surface area contributed by atoms with E-state index in [1.165, 1.54) is 12.1 Å². The van der Waals surface area contributed by atoms with Crippen LogP contribution in [0.25, 0.3) is 10.8 Å². The van der Waals surface area contributed by atoms with Crippen molar-refractivity contribution in [1.29, 1.82) is 0 Å². The number of carboxylic acids is 1. The minimum atomic E-state index is -4.39. The van der Waals surface area contributed by atoms with Crippen molar-refractivity contribution in [2.45, 2.75) is 94.0 Å². The number of fused-ring (bicyclic) bond motifs is 1. The van der Waals surface area contributed by atoms with Crippen LogP contribution in [-0.4, -0.2) is 68.0 Å². The predicted molar refractivity (Wildman–Crippen MR) is 206 cm³/mol. The van der Waals surface area contributed by atoms with Gasteiger partial charge in [0.2, 0.25) is 29.5 Å². The number of hydrogen-bond donors (Lipinski definition) is 8. The van der Waals surface area contributed by atoms with Gasteiger partial charge in [0.05, 0.1) is 24.9 Å². The highest BCUT2D eigenvalue weighted by molar-refractivity contribution is 7.50. The highest BCUT2D eigenvalue weighted by atomic mass is 31.2. The van der Waals surface area contributed by atoms with E-state index in [-0.39, 0.29) is 32.2 Å². The second-order valence-electron chi connectivity index (χ2n) is 14.5. The van der Waals surface area contributed by atoms with Gasteiger partial charge in [-0.2, -0.15) is 0 Å². The van der Waals surface area contributed by atoms with Gasteiger partial charge in [0, 0.05) is 12.5 Å². The lowest BCUT2D eigenvalue weighted by molar-refractivity contribution is -0.143. The van der Waals surface area contributed by atoms with Crippen LogP contribution in [0.15, 0.2) is 78.9 Å². The van der Waals surface area contributed by atoms with E-state index in [0.717, 1.165) is 22.8 Å². The molecule has 1 spiro atoms. The summed E-state index contributed by atoms with van der Waals surface area (Å²) in [6, 6.07) is 16.9. The van der Waals surface area contributed by atoms with Crippen LogP contribution in [0.2, 0.25) is 0 Å². The van der Waals surface area contributed by atoms with Crippen molar-refractivity contribution in [3.05, 3.63) is 95.6 Å². The number of allylic oxidation sites excluding steroid dienone is 2. The number of nitrogens with two attached hydrogens (primary N) is 1. The maximum Gasteiger partial charge on any atom is 0.329 e. The van der Waals surface area contributed by atoms with Gasteiger partial charge in [-0.15, -0.1) is 0 Å². The van der Waals surface area contributed by atoms with Crippen molar-refractivity contribution in [1.82, 2.24) is 21.3 Å². The number of rotatable bonds is 10. The molecule has 0 aromatic heterocycles. The summed E-state index contributed by atoms with van der Waals surface area (Å²) >= 11 is 0.